The van der Waals surface area contributed by atoms with E-state index >= 15 is 0 Å². The maximum absolute atomic E-state index is 12.7. The van der Waals surface area contributed by atoms with Gasteiger partial charge in [0.15, 0.2) is 0 Å². The fourth-order valence-electron chi connectivity index (χ4n) is 2.97. The first-order valence-corrected chi connectivity index (χ1v) is 7.88. The maximum atomic E-state index is 12.7. The Morgan fingerprint density at radius 1 is 1.55 bits per heavy atom. The van der Waals surface area contributed by atoms with Gasteiger partial charge in [-0.25, -0.2) is 4.98 Å². The predicted octanol–water partition coefficient (Wildman–Crippen LogP) is 2.67. The number of aryl methyl sites for hydroxylation is 2. The monoisotopic (exact) mass is 287 g/mol. The Bertz CT molecular complexity index is 766. The van der Waals surface area contributed by atoms with Crippen LogP contribution in [0.4, 0.5) is 0 Å². The lowest BCUT2D eigenvalue weighted by atomic mass is 9.89. The predicted molar refractivity (Wildman–Crippen MR) is 80.1 cm³/mol. The summed E-state index contributed by atoms with van der Waals surface area (Å²) in [7, 11) is 0. The quantitative estimate of drug-likeness (QED) is 0.853. The standard InChI is InChI=1S/C15H17N3OS/c1-3-12-17-14-13(15(19)18(12)7-6-16)10-5-4-9(2)8-11(10)20-14/h9H,3-5,7-8H2,1-2H3. The number of thiophene rings is 1. The van der Waals surface area contributed by atoms with Crippen LogP contribution < -0.4 is 5.56 Å². The van der Waals surface area contributed by atoms with Crippen molar-refractivity contribution < 1.29 is 0 Å². The molecule has 1 unspecified atom stereocenters. The van der Waals surface area contributed by atoms with Crippen LogP contribution in [0, 0.1) is 17.2 Å². The number of hydrogen-bond acceptors (Lipinski definition) is 4. The zero-order chi connectivity index (χ0) is 14.3. The summed E-state index contributed by atoms with van der Waals surface area (Å²) in [4.78, 5) is 19.5. The molecule has 0 saturated heterocycles. The molecule has 0 fully saturated rings. The van der Waals surface area contributed by atoms with Crippen molar-refractivity contribution >= 4 is 21.6 Å². The lowest BCUT2D eigenvalue weighted by Crippen LogP contribution is -2.25. The topological polar surface area (TPSA) is 58.7 Å². The van der Waals surface area contributed by atoms with Gasteiger partial charge >= 0.3 is 0 Å². The van der Waals surface area contributed by atoms with Gasteiger partial charge in [-0.05, 0) is 30.7 Å². The zero-order valence-electron chi connectivity index (χ0n) is 11.8. The van der Waals surface area contributed by atoms with Crippen LogP contribution in [0.25, 0.3) is 10.2 Å². The first-order valence-electron chi connectivity index (χ1n) is 7.06. The van der Waals surface area contributed by atoms with Crippen LogP contribution >= 0.6 is 11.3 Å². The van der Waals surface area contributed by atoms with Crippen molar-refractivity contribution in [3.05, 3.63) is 26.6 Å². The van der Waals surface area contributed by atoms with Gasteiger partial charge in [-0.1, -0.05) is 13.8 Å². The Morgan fingerprint density at radius 2 is 2.35 bits per heavy atom. The van der Waals surface area contributed by atoms with E-state index in [0.29, 0.717) is 12.3 Å². The van der Waals surface area contributed by atoms with Gasteiger partial charge in [0.05, 0.1) is 11.5 Å². The van der Waals surface area contributed by atoms with Crippen LogP contribution in [0.3, 0.4) is 0 Å². The fourth-order valence-corrected chi connectivity index (χ4v) is 4.36. The van der Waals surface area contributed by atoms with Gasteiger partial charge < -0.3 is 0 Å². The SMILES string of the molecule is CCc1nc2sc3c(c2c(=O)n1CC#N)CCC(C)C3. The summed E-state index contributed by atoms with van der Waals surface area (Å²) in [6.45, 7) is 4.31. The zero-order valence-corrected chi connectivity index (χ0v) is 12.6. The van der Waals surface area contributed by atoms with Crippen molar-refractivity contribution in [3.8, 4) is 6.07 Å². The molecule has 0 aromatic carbocycles. The van der Waals surface area contributed by atoms with E-state index in [0.717, 1.165) is 35.3 Å². The molecule has 1 aliphatic carbocycles. The van der Waals surface area contributed by atoms with E-state index in [2.05, 4.69) is 18.0 Å². The average Bonchev–Trinajstić information content (AvgIpc) is 2.79. The molecule has 0 bridgehead atoms. The van der Waals surface area contributed by atoms with Crippen molar-refractivity contribution in [1.29, 1.82) is 5.26 Å². The number of rotatable bonds is 2. The smallest absolute Gasteiger partial charge is 0.263 e. The van der Waals surface area contributed by atoms with E-state index in [9.17, 15) is 4.79 Å². The van der Waals surface area contributed by atoms with Crippen molar-refractivity contribution in [2.75, 3.05) is 0 Å². The minimum atomic E-state index is -0.0274. The van der Waals surface area contributed by atoms with E-state index in [-0.39, 0.29) is 12.1 Å². The molecule has 2 aromatic rings. The Balaban J connectivity index is 2.30. The summed E-state index contributed by atoms with van der Waals surface area (Å²) in [6, 6.07) is 2.07. The van der Waals surface area contributed by atoms with Crippen molar-refractivity contribution in [2.24, 2.45) is 5.92 Å². The Kier molecular flexibility index (Phi) is 3.35. The molecule has 0 spiro atoms. The molecule has 0 aliphatic heterocycles. The number of fused-ring (bicyclic) bond motifs is 3. The molecule has 2 aromatic heterocycles. The Hall–Kier alpha value is -1.67. The van der Waals surface area contributed by atoms with Gasteiger partial charge in [-0.3, -0.25) is 9.36 Å². The number of hydrogen-bond donors (Lipinski definition) is 0. The van der Waals surface area contributed by atoms with Crippen molar-refractivity contribution in [2.45, 2.75) is 46.1 Å². The normalized spacial score (nSPS) is 17.9. The molecule has 4 nitrogen and oxygen atoms in total. The summed E-state index contributed by atoms with van der Waals surface area (Å²) in [5.41, 5.74) is 1.16. The molecule has 3 rings (SSSR count). The molecule has 1 aliphatic rings. The van der Waals surface area contributed by atoms with Crippen LogP contribution in [-0.4, -0.2) is 9.55 Å². The molecular weight excluding hydrogens is 270 g/mol. The molecule has 1 atom stereocenters. The highest BCUT2D eigenvalue weighted by Gasteiger charge is 2.24. The van der Waals surface area contributed by atoms with E-state index in [4.69, 9.17) is 5.26 Å². The van der Waals surface area contributed by atoms with Crippen LogP contribution in [0.2, 0.25) is 0 Å². The summed E-state index contributed by atoms with van der Waals surface area (Å²) < 4.78 is 1.54. The van der Waals surface area contributed by atoms with Crippen LogP contribution in [0.1, 0.15) is 36.5 Å². The van der Waals surface area contributed by atoms with Crippen LogP contribution in [-0.2, 0) is 25.8 Å². The number of aromatic nitrogens is 2. The first-order chi connectivity index (χ1) is 9.65. The summed E-state index contributed by atoms with van der Waals surface area (Å²) >= 11 is 1.67. The van der Waals surface area contributed by atoms with E-state index in [1.165, 1.54) is 15.0 Å². The summed E-state index contributed by atoms with van der Waals surface area (Å²) in [6.07, 6.45) is 3.82. The Morgan fingerprint density at radius 3 is 3.05 bits per heavy atom. The minimum Gasteiger partial charge on any atom is -0.282 e. The third-order valence-corrected chi connectivity index (χ3v) is 5.19. The summed E-state index contributed by atoms with van der Waals surface area (Å²) in [5.74, 6) is 1.40. The van der Waals surface area contributed by atoms with Gasteiger partial charge in [0.1, 0.15) is 17.2 Å². The number of nitriles is 1. The van der Waals surface area contributed by atoms with Gasteiger partial charge in [-0.2, -0.15) is 5.26 Å². The maximum Gasteiger partial charge on any atom is 0.263 e. The largest absolute Gasteiger partial charge is 0.282 e. The van der Waals surface area contributed by atoms with Gasteiger partial charge in [0.25, 0.3) is 5.56 Å². The Labute approximate surface area is 121 Å². The average molecular weight is 287 g/mol. The first kappa shape index (κ1) is 13.3. The molecule has 104 valence electrons. The highest BCUT2D eigenvalue weighted by molar-refractivity contribution is 7.18. The second-order valence-corrected chi connectivity index (χ2v) is 6.55. The minimum absolute atomic E-state index is 0.0274. The van der Waals surface area contributed by atoms with Gasteiger partial charge in [0, 0.05) is 11.3 Å². The fraction of sp³-hybridized carbons (Fsp3) is 0.533. The van der Waals surface area contributed by atoms with Crippen LogP contribution in [0.5, 0.6) is 0 Å². The summed E-state index contributed by atoms with van der Waals surface area (Å²) in [5, 5.41) is 9.69. The van der Waals surface area contributed by atoms with Crippen LogP contribution in [0.15, 0.2) is 4.79 Å². The van der Waals surface area contributed by atoms with Crippen molar-refractivity contribution in [3.63, 3.8) is 0 Å². The third kappa shape index (κ3) is 1.95. The van der Waals surface area contributed by atoms with Gasteiger partial charge in [0.2, 0.25) is 0 Å². The van der Waals surface area contributed by atoms with Crippen molar-refractivity contribution in [1.82, 2.24) is 9.55 Å². The lowest BCUT2D eigenvalue weighted by molar-refractivity contribution is 0.509. The molecule has 0 radical (unpaired) electrons. The molecule has 20 heavy (non-hydrogen) atoms. The molecular formula is C15H17N3OS. The number of nitrogens with zero attached hydrogens (tertiary/aromatic N) is 3. The van der Waals surface area contributed by atoms with E-state index in [1.54, 1.807) is 11.3 Å². The lowest BCUT2D eigenvalue weighted by Gasteiger charge is -2.17. The highest BCUT2D eigenvalue weighted by Crippen LogP contribution is 2.35. The molecule has 0 N–H and O–H groups in total. The molecule has 5 heteroatoms. The van der Waals surface area contributed by atoms with E-state index in [1.807, 2.05) is 6.92 Å². The second-order valence-electron chi connectivity index (χ2n) is 5.46. The highest BCUT2D eigenvalue weighted by atomic mass is 32.1. The second kappa shape index (κ2) is 5.02. The molecule has 2 heterocycles. The molecule has 0 saturated carbocycles. The molecule has 0 amide bonds. The van der Waals surface area contributed by atoms with Gasteiger partial charge in [-0.15, -0.1) is 11.3 Å². The third-order valence-electron chi connectivity index (χ3n) is 4.04. The van der Waals surface area contributed by atoms with E-state index < -0.39 is 0 Å².